The van der Waals surface area contributed by atoms with E-state index in [1.807, 2.05) is 19.1 Å². The number of aryl methyl sites for hydroxylation is 1. The predicted molar refractivity (Wildman–Crippen MR) is 141 cm³/mol. The van der Waals surface area contributed by atoms with Crippen LogP contribution in [0.2, 0.25) is 5.15 Å². The highest BCUT2D eigenvalue weighted by Gasteiger charge is 2.21. The Morgan fingerprint density at radius 3 is 2.57 bits per heavy atom. The van der Waals surface area contributed by atoms with Crippen LogP contribution in [-0.4, -0.2) is 75.6 Å². The minimum Gasteiger partial charge on any atom is -0.491 e. The van der Waals surface area contributed by atoms with Gasteiger partial charge in [0.25, 0.3) is 5.88 Å². The Morgan fingerprint density at radius 2 is 1.95 bits per heavy atom. The predicted octanol–water partition coefficient (Wildman–Crippen LogP) is 1.11. The van der Waals surface area contributed by atoms with E-state index in [4.69, 9.17) is 48.8 Å². The fourth-order valence-electron chi connectivity index (χ4n) is 3.48. The molecule has 1 heterocycles. The van der Waals surface area contributed by atoms with Crippen molar-refractivity contribution in [2.24, 2.45) is 5.73 Å². The van der Waals surface area contributed by atoms with Gasteiger partial charge >= 0.3 is 6.09 Å². The fraction of sp³-hybridized carbons (Fsp3) is 0.478. The van der Waals surface area contributed by atoms with Crippen LogP contribution in [0.3, 0.4) is 0 Å². The number of nitrogens with two attached hydrogens (primary N) is 3. The van der Waals surface area contributed by atoms with Gasteiger partial charge in [-0.15, -0.1) is 0 Å². The normalized spacial score (nSPS) is 12.4. The van der Waals surface area contributed by atoms with Gasteiger partial charge in [-0.05, 0) is 37.0 Å². The van der Waals surface area contributed by atoms with Crippen LogP contribution in [0.5, 0.6) is 11.6 Å². The Hall–Kier alpha value is -3.55. The minimum absolute atomic E-state index is 0.0122. The van der Waals surface area contributed by atoms with E-state index in [0.717, 1.165) is 18.4 Å². The van der Waals surface area contributed by atoms with Crippen LogP contribution < -0.4 is 32.0 Å². The summed E-state index contributed by atoms with van der Waals surface area (Å²) in [6.07, 6.45) is 1.20. The molecular formula is C23H35ClN8O5. The van der Waals surface area contributed by atoms with Crippen LogP contribution >= 0.6 is 11.6 Å². The molecule has 2 rings (SSSR count). The number of aliphatic hydroxyl groups excluding tert-OH is 2. The molecule has 0 saturated carbocycles. The lowest BCUT2D eigenvalue weighted by Crippen LogP contribution is -2.50. The maximum absolute atomic E-state index is 12.3. The van der Waals surface area contributed by atoms with E-state index in [0.29, 0.717) is 25.1 Å². The first-order valence-corrected chi connectivity index (χ1v) is 12.2. The summed E-state index contributed by atoms with van der Waals surface area (Å²) in [5, 5.41) is 28.8. The zero-order valence-corrected chi connectivity index (χ0v) is 21.4. The molecule has 14 heteroatoms. The van der Waals surface area contributed by atoms with Gasteiger partial charge in [0.1, 0.15) is 18.5 Å². The van der Waals surface area contributed by atoms with E-state index < -0.39 is 12.2 Å². The summed E-state index contributed by atoms with van der Waals surface area (Å²) in [7, 11) is 0. The molecule has 0 fully saturated rings. The molecule has 1 aromatic heterocycles. The van der Waals surface area contributed by atoms with Crippen molar-refractivity contribution in [3.63, 3.8) is 0 Å². The van der Waals surface area contributed by atoms with E-state index in [1.165, 1.54) is 0 Å². The van der Waals surface area contributed by atoms with Crippen molar-refractivity contribution in [1.29, 1.82) is 5.41 Å². The molecule has 0 saturated heterocycles. The van der Waals surface area contributed by atoms with Crippen molar-refractivity contribution in [3.05, 3.63) is 35.0 Å². The first-order valence-electron chi connectivity index (χ1n) is 11.8. The second-order valence-electron chi connectivity index (χ2n) is 8.28. The van der Waals surface area contributed by atoms with E-state index >= 15 is 0 Å². The number of nitrogens with zero attached hydrogens (tertiary/aromatic N) is 3. The van der Waals surface area contributed by atoms with Crippen molar-refractivity contribution >= 4 is 35.3 Å². The number of rotatable bonds is 14. The second-order valence-corrected chi connectivity index (χ2v) is 8.63. The van der Waals surface area contributed by atoms with Gasteiger partial charge in [0.15, 0.2) is 22.7 Å². The first-order chi connectivity index (χ1) is 17.6. The van der Waals surface area contributed by atoms with Crippen molar-refractivity contribution < 1.29 is 24.5 Å². The molecule has 0 bridgehead atoms. The number of aromatic nitrogens is 2. The molecule has 10 N–H and O–H groups in total. The number of anilines is 2. The molecule has 37 heavy (non-hydrogen) atoms. The number of carbonyl (C=O) groups excluding carboxylic acids is 1. The molecule has 13 nitrogen and oxygen atoms in total. The molecule has 0 spiro atoms. The van der Waals surface area contributed by atoms with E-state index in [-0.39, 0.29) is 54.4 Å². The Kier molecular flexibility index (Phi) is 11.9. The standard InChI is InChI=1S/C23H35ClN8O5/c1-2-4-15(11-29-23(35)37-21-20(26)31-19(25)18(24)30-21)32(22(27)28)10-3-5-14-6-8-17(9-7-14)36-13-16(34)12-33/h6-9,15-16,33-34H,2-5,10-13H2,1H3,(H3,27,28)(H,29,35)(H4,25,26,31)/t15-,16-/m0/s1. The summed E-state index contributed by atoms with van der Waals surface area (Å²) in [5.41, 5.74) is 18.1. The number of guanidine groups is 1. The van der Waals surface area contributed by atoms with Crippen LogP contribution in [0.4, 0.5) is 16.4 Å². The average Bonchev–Trinajstić information content (AvgIpc) is 2.87. The molecule has 0 aliphatic carbocycles. The van der Waals surface area contributed by atoms with Gasteiger partial charge in [0.05, 0.1) is 6.61 Å². The highest BCUT2D eigenvalue weighted by Crippen LogP contribution is 2.23. The van der Waals surface area contributed by atoms with E-state index in [9.17, 15) is 9.90 Å². The van der Waals surface area contributed by atoms with Gasteiger partial charge in [-0.25, -0.2) is 9.78 Å². The molecular weight excluding hydrogens is 504 g/mol. The number of carbonyl (C=O) groups is 1. The zero-order valence-electron chi connectivity index (χ0n) is 20.7. The van der Waals surface area contributed by atoms with Gasteiger partial charge in [0.2, 0.25) is 0 Å². The van der Waals surface area contributed by atoms with Gasteiger partial charge in [-0.3, -0.25) is 5.41 Å². The largest absolute Gasteiger partial charge is 0.491 e. The summed E-state index contributed by atoms with van der Waals surface area (Å²) in [5.74, 6) is -0.00554. The number of aliphatic hydroxyl groups is 2. The molecule has 1 aromatic carbocycles. The second kappa shape index (κ2) is 14.9. The molecule has 2 aromatic rings. The number of nitrogen functional groups attached to an aromatic ring is 2. The van der Waals surface area contributed by atoms with Crippen LogP contribution in [0, 0.1) is 5.41 Å². The summed E-state index contributed by atoms with van der Waals surface area (Å²) in [6.45, 7) is 2.33. The maximum Gasteiger partial charge on any atom is 0.414 e. The third-order valence-corrected chi connectivity index (χ3v) is 5.63. The lowest BCUT2D eigenvalue weighted by Gasteiger charge is -2.32. The number of hydrogen-bond acceptors (Lipinski definition) is 10. The van der Waals surface area contributed by atoms with Gasteiger partial charge in [-0.1, -0.05) is 37.1 Å². The van der Waals surface area contributed by atoms with Crippen molar-refractivity contribution in [2.45, 2.75) is 44.8 Å². The fourth-order valence-corrected chi connectivity index (χ4v) is 3.60. The van der Waals surface area contributed by atoms with E-state index in [2.05, 4.69) is 15.3 Å². The molecule has 0 radical (unpaired) electrons. The van der Waals surface area contributed by atoms with Crippen LogP contribution in [0.15, 0.2) is 24.3 Å². The summed E-state index contributed by atoms with van der Waals surface area (Å²) >= 11 is 5.81. The summed E-state index contributed by atoms with van der Waals surface area (Å²) in [4.78, 5) is 21.6. The minimum atomic E-state index is -0.923. The van der Waals surface area contributed by atoms with Crippen LogP contribution in [0.1, 0.15) is 31.7 Å². The molecule has 2 atom stereocenters. The quantitative estimate of drug-likeness (QED) is 0.133. The smallest absolute Gasteiger partial charge is 0.414 e. The highest BCUT2D eigenvalue weighted by molar-refractivity contribution is 6.31. The van der Waals surface area contributed by atoms with Crippen molar-refractivity contribution in [3.8, 4) is 11.6 Å². The van der Waals surface area contributed by atoms with E-state index in [1.54, 1.807) is 17.0 Å². The third-order valence-electron chi connectivity index (χ3n) is 5.36. The molecule has 204 valence electrons. The lowest BCUT2D eigenvalue weighted by molar-refractivity contribution is 0.0536. The maximum atomic E-state index is 12.3. The number of benzene rings is 1. The number of nitrogens with one attached hydrogen (secondary N) is 2. The number of halogens is 1. The molecule has 0 aliphatic heterocycles. The summed E-state index contributed by atoms with van der Waals surface area (Å²) in [6, 6.07) is 7.18. The first kappa shape index (κ1) is 29.7. The van der Waals surface area contributed by atoms with Crippen molar-refractivity contribution in [1.82, 2.24) is 20.2 Å². The average molecular weight is 539 g/mol. The molecule has 0 aliphatic rings. The highest BCUT2D eigenvalue weighted by atomic mass is 35.5. The topological polar surface area (TPSA) is 219 Å². The molecule has 0 unspecified atom stereocenters. The zero-order chi connectivity index (χ0) is 27.4. The number of hydrogen-bond donors (Lipinski definition) is 7. The van der Waals surface area contributed by atoms with Gasteiger partial charge in [0, 0.05) is 19.1 Å². The monoisotopic (exact) mass is 538 g/mol. The SMILES string of the molecule is CCC[C@@H](CNC(=O)Oc1nc(Cl)c(N)nc1N)N(CCCc1ccc(OC[C@@H](O)CO)cc1)C(=N)N. The Balaban J connectivity index is 1.90. The Morgan fingerprint density at radius 1 is 1.24 bits per heavy atom. The van der Waals surface area contributed by atoms with Crippen LogP contribution in [0.25, 0.3) is 0 Å². The Labute approximate surface area is 220 Å². The third kappa shape index (κ3) is 9.79. The van der Waals surface area contributed by atoms with Crippen LogP contribution in [-0.2, 0) is 6.42 Å². The van der Waals surface area contributed by atoms with Gasteiger partial charge < -0.3 is 47.1 Å². The molecule has 1 amide bonds. The van der Waals surface area contributed by atoms with Crippen molar-refractivity contribution in [2.75, 3.05) is 37.8 Å². The number of amides is 1. The summed E-state index contributed by atoms with van der Waals surface area (Å²) < 4.78 is 10.5. The number of ether oxygens (including phenoxy) is 2. The Bertz CT molecular complexity index is 1030. The lowest BCUT2D eigenvalue weighted by atomic mass is 10.1. The van der Waals surface area contributed by atoms with Gasteiger partial charge in [-0.2, -0.15) is 4.98 Å².